The Balaban J connectivity index is 2.03. The van der Waals surface area contributed by atoms with Crippen LogP contribution in [0.25, 0.3) is 22.8 Å². The lowest BCUT2D eigenvalue weighted by atomic mass is 10.1. The van der Waals surface area contributed by atoms with Crippen LogP contribution in [0.15, 0.2) is 41.3 Å². The standard InChI is InChI=1S/C21H22F2N4O/c1-12(2)9-24-11-14-5-6-15(22)19(20(14)23)21-26-17(8-18(28)27-21)16-7-4-13(3)10-25-16/h4-8,10,12,24H,9,11H2,1-3H3,(H,26,27,28). The summed E-state index contributed by atoms with van der Waals surface area (Å²) in [6.45, 7) is 6.92. The number of hydrogen-bond acceptors (Lipinski definition) is 4. The monoisotopic (exact) mass is 384 g/mol. The van der Waals surface area contributed by atoms with Crippen LogP contribution in [-0.2, 0) is 6.54 Å². The van der Waals surface area contributed by atoms with E-state index in [2.05, 4.69) is 20.3 Å². The second-order valence-electron chi connectivity index (χ2n) is 7.12. The highest BCUT2D eigenvalue weighted by atomic mass is 19.1. The average molecular weight is 384 g/mol. The van der Waals surface area contributed by atoms with Gasteiger partial charge in [0, 0.05) is 24.4 Å². The number of halogens is 2. The first-order valence-corrected chi connectivity index (χ1v) is 9.07. The van der Waals surface area contributed by atoms with Crippen molar-refractivity contribution in [1.29, 1.82) is 0 Å². The Morgan fingerprint density at radius 1 is 1.14 bits per heavy atom. The highest BCUT2D eigenvalue weighted by molar-refractivity contribution is 5.62. The molecule has 0 saturated heterocycles. The van der Waals surface area contributed by atoms with Gasteiger partial charge in [-0.3, -0.25) is 9.78 Å². The molecule has 0 radical (unpaired) electrons. The van der Waals surface area contributed by atoms with Gasteiger partial charge >= 0.3 is 0 Å². The van der Waals surface area contributed by atoms with Gasteiger partial charge in [0.25, 0.3) is 5.56 Å². The molecule has 3 aromatic rings. The maximum atomic E-state index is 15.0. The molecular formula is C21H22F2N4O. The van der Waals surface area contributed by atoms with Crippen molar-refractivity contribution in [2.75, 3.05) is 6.54 Å². The number of hydrogen-bond donors (Lipinski definition) is 2. The van der Waals surface area contributed by atoms with Crippen LogP contribution in [0.5, 0.6) is 0 Å². The van der Waals surface area contributed by atoms with Gasteiger partial charge in [0.1, 0.15) is 17.5 Å². The minimum absolute atomic E-state index is 0.161. The van der Waals surface area contributed by atoms with E-state index < -0.39 is 17.2 Å². The Morgan fingerprint density at radius 3 is 2.61 bits per heavy atom. The zero-order chi connectivity index (χ0) is 20.3. The van der Waals surface area contributed by atoms with Crippen molar-refractivity contribution >= 4 is 0 Å². The molecule has 0 saturated carbocycles. The number of rotatable bonds is 6. The number of aryl methyl sites for hydroxylation is 1. The Bertz CT molecular complexity index is 1030. The van der Waals surface area contributed by atoms with Crippen LogP contribution in [0.3, 0.4) is 0 Å². The Kier molecular flexibility index (Phi) is 5.94. The minimum atomic E-state index is -0.790. The summed E-state index contributed by atoms with van der Waals surface area (Å²) in [5.74, 6) is -1.29. The fourth-order valence-corrected chi connectivity index (χ4v) is 2.77. The molecule has 0 aliphatic carbocycles. The van der Waals surface area contributed by atoms with Crippen molar-refractivity contribution < 1.29 is 8.78 Å². The Hall–Kier alpha value is -2.93. The number of aromatic amines is 1. The van der Waals surface area contributed by atoms with Crippen molar-refractivity contribution in [2.45, 2.75) is 27.3 Å². The third kappa shape index (κ3) is 4.48. The minimum Gasteiger partial charge on any atom is -0.312 e. The number of nitrogens with zero attached hydrogens (tertiary/aromatic N) is 2. The van der Waals surface area contributed by atoms with Gasteiger partial charge in [-0.1, -0.05) is 26.0 Å². The summed E-state index contributed by atoms with van der Waals surface area (Å²) in [5.41, 5.74) is 1.10. The second kappa shape index (κ2) is 8.39. The summed E-state index contributed by atoms with van der Waals surface area (Å²) < 4.78 is 29.5. The topological polar surface area (TPSA) is 70.7 Å². The normalized spacial score (nSPS) is 11.2. The number of benzene rings is 1. The fraction of sp³-hybridized carbons (Fsp3) is 0.286. The summed E-state index contributed by atoms with van der Waals surface area (Å²) in [7, 11) is 0. The smallest absolute Gasteiger partial charge is 0.251 e. The highest BCUT2D eigenvalue weighted by Gasteiger charge is 2.19. The molecule has 0 fully saturated rings. The quantitative estimate of drug-likeness (QED) is 0.678. The van der Waals surface area contributed by atoms with E-state index in [4.69, 9.17) is 0 Å². The molecule has 28 heavy (non-hydrogen) atoms. The van der Waals surface area contributed by atoms with Crippen LogP contribution in [-0.4, -0.2) is 21.5 Å². The lowest BCUT2D eigenvalue weighted by molar-refractivity contribution is 0.529. The van der Waals surface area contributed by atoms with Gasteiger partial charge in [0.15, 0.2) is 0 Å². The van der Waals surface area contributed by atoms with Crippen molar-refractivity contribution in [3.05, 3.63) is 69.6 Å². The number of nitrogens with one attached hydrogen (secondary N) is 2. The predicted octanol–water partition coefficient (Wildman–Crippen LogP) is 3.83. The summed E-state index contributed by atoms with van der Waals surface area (Å²) >= 11 is 0. The van der Waals surface area contributed by atoms with Crippen LogP contribution in [0, 0.1) is 24.5 Å². The van der Waals surface area contributed by atoms with Crippen molar-refractivity contribution in [1.82, 2.24) is 20.3 Å². The van der Waals surface area contributed by atoms with E-state index in [0.29, 0.717) is 23.7 Å². The molecule has 3 rings (SSSR count). The van der Waals surface area contributed by atoms with E-state index >= 15 is 4.39 Å². The molecule has 0 aliphatic heterocycles. The summed E-state index contributed by atoms with van der Waals surface area (Å²) in [5, 5.41) is 3.13. The highest BCUT2D eigenvalue weighted by Crippen LogP contribution is 2.26. The summed E-state index contributed by atoms with van der Waals surface area (Å²) in [6, 6.07) is 7.37. The van der Waals surface area contributed by atoms with Crippen LogP contribution in [0.2, 0.25) is 0 Å². The molecule has 0 amide bonds. The molecule has 2 N–H and O–H groups in total. The van der Waals surface area contributed by atoms with Crippen LogP contribution in [0.1, 0.15) is 25.0 Å². The first-order chi connectivity index (χ1) is 13.3. The molecule has 7 heteroatoms. The van der Waals surface area contributed by atoms with Crippen LogP contribution >= 0.6 is 0 Å². The first-order valence-electron chi connectivity index (χ1n) is 9.07. The lowest BCUT2D eigenvalue weighted by Crippen LogP contribution is -2.20. The molecule has 2 heterocycles. The van der Waals surface area contributed by atoms with Gasteiger partial charge in [-0.25, -0.2) is 13.8 Å². The van der Waals surface area contributed by atoms with E-state index in [1.54, 1.807) is 12.3 Å². The first kappa shape index (κ1) is 19.8. The molecule has 0 unspecified atom stereocenters. The number of aromatic nitrogens is 3. The average Bonchev–Trinajstić information content (AvgIpc) is 2.63. The fourth-order valence-electron chi connectivity index (χ4n) is 2.77. The molecule has 146 valence electrons. The van der Waals surface area contributed by atoms with Crippen LogP contribution in [0.4, 0.5) is 8.78 Å². The van der Waals surface area contributed by atoms with Gasteiger partial charge in [-0.15, -0.1) is 0 Å². The summed E-state index contributed by atoms with van der Waals surface area (Å²) in [4.78, 5) is 23.0. The summed E-state index contributed by atoms with van der Waals surface area (Å²) in [6.07, 6.45) is 1.64. The maximum absolute atomic E-state index is 15.0. The molecule has 5 nitrogen and oxygen atoms in total. The van der Waals surface area contributed by atoms with Crippen molar-refractivity contribution in [3.8, 4) is 22.8 Å². The van der Waals surface area contributed by atoms with E-state index in [9.17, 15) is 9.18 Å². The third-order valence-electron chi connectivity index (χ3n) is 4.19. The largest absolute Gasteiger partial charge is 0.312 e. The Labute approximate surface area is 161 Å². The SMILES string of the molecule is Cc1ccc(-c2cc(=O)[nH]c(-c3c(F)ccc(CNCC(C)C)c3F)n2)nc1. The molecule has 2 aromatic heterocycles. The second-order valence-corrected chi connectivity index (χ2v) is 7.12. The van der Waals surface area contributed by atoms with E-state index in [0.717, 1.165) is 5.56 Å². The molecular weight excluding hydrogens is 362 g/mol. The zero-order valence-corrected chi connectivity index (χ0v) is 16.0. The van der Waals surface area contributed by atoms with Crippen molar-refractivity contribution in [3.63, 3.8) is 0 Å². The third-order valence-corrected chi connectivity index (χ3v) is 4.19. The van der Waals surface area contributed by atoms with Gasteiger partial charge in [-0.2, -0.15) is 0 Å². The van der Waals surface area contributed by atoms with Gasteiger partial charge < -0.3 is 10.3 Å². The van der Waals surface area contributed by atoms with Gasteiger partial charge in [0.05, 0.1) is 17.0 Å². The maximum Gasteiger partial charge on any atom is 0.251 e. The Morgan fingerprint density at radius 2 is 1.93 bits per heavy atom. The number of H-pyrrole nitrogens is 1. The van der Waals surface area contributed by atoms with Gasteiger partial charge in [-0.05, 0) is 37.1 Å². The zero-order valence-electron chi connectivity index (χ0n) is 16.0. The molecule has 1 aromatic carbocycles. The van der Waals surface area contributed by atoms with Crippen LogP contribution < -0.4 is 10.9 Å². The molecule has 0 bridgehead atoms. The predicted molar refractivity (Wildman–Crippen MR) is 105 cm³/mol. The van der Waals surface area contributed by atoms with Crippen molar-refractivity contribution in [2.24, 2.45) is 5.92 Å². The lowest BCUT2D eigenvalue weighted by Gasteiger charge is -2.12. The van der Waals surface area contributed by atoms with Gasteiger partial charge in [0.2, 0.25) is 0 Å². The van der Waals surface area contributed by atoms with E-state index in [1.165, 1.54) is 18.2 Å². The number of pyridine rings is 1. The molecule has 0 aliphatic rings. The molecule has 0 atom stereocenters. The molecule has 0 spiro atoms. The van der Waals surface area contributed by atoms with E-state index in [-0.39, 0.29) is 23.6 Å². The van der Waals surface area contributed by atoms with E-state index in [1.807, 2.05) is 26.8 Å².